The summed E-state index contributed by atoms with van der Waals surface area (Å²) in [5.74, 6) is 1.89. The summed E-state index contributed by atoms with van der Waals surface area (Å²) in [4.78, 5) is 8.50. The molecule has 0 unspecified atom stereocenters. The van der Waals surface area contributed by atoms with Crippen molar-refractivity contribution in [3.8, 4) is 0 Å². The van der Waals surface area contributed by atoms with Crippen molar-refractivity contribution in [3.63, 3.8) is 0 Å². The van der Waals surface area contributed by atoms with Crippen LogP contribution in [-0.4, -0.2) is 23.1 Å². The molecule has 90 valence electrons. The molecule has 1 heterocycles. The summed E-state index contributed by atoms with van der Waals surface area (Å²) in [6.07, 6.45) is 5.07. The highest BCUT2D eigenvalue weighted by Gasteiger charge is 2.05. The van der Waals surface area contributed by atoms with E-state index in [0.29, 0.717) is 0 Å². The molecule has 16 heavy (non-hydrogen) atoms. The monoisotopic (exact) mass is 222 g/mol. The van der Waals surface area contributed by atoms with E-state index in [0.717, 1.165) is 36.7 Å². The van der Waals surface area contributed by atoms with Crippen molar-refractivity contribution in [1.82, 2.24) is 9.97 Å². The molecular weight excluding hydrogens is 200 g/mol. The second-order valence-corrected chi connectivity index (χ2v) is 3.90. The minimum absolute atomic E-state index is 0.941. The molecule has 0 radical (unpaired) electrons. The average molecular weight is 222 g/mol. The minimum Gasteiger partial charge on any atom is -0.370 e. The minimum atomic E-state index is 0.941. The molecule has 1 aromatic rings. The van der Waals surface area contributed by atoms with Crippen LogP contribution < -0.4 is 10.6 Å². The Kier molecular flexibility index (Phi) is 5.61. The first-order valence-corrected chi connectivity index (χ1v) is 6.08. The number of nitrogens with zero attached hydrogens (tertiary/aromatic N) is 2. The van der Waals surface area contributed by atoms with Crippen LogP contribution in [0.25, 0.3) is 0 Å². The van der Waals surface area contributed by atoms with Crippen LogP contribution in [0.5, 0.6) is 0 Å². The maximum absolute atomic E-state index is 4.26. The maximum Gasteiger partial charge on any atom is 0.134 e. The smallest absolute Gasteiger partial charge is 0.134 e. The largest absolute Gasteiger partial charge is 0.370 e. The van der Waals surface area contributed by atoms with Crippen molar-refractivity contribution < 1.29 is 0 Å². The van der Waals surface area contributed by atoms with Gasteiger partial charge in [0.05, 0.1) is 0 Å². The van der Waals surface area contributed by atoms with E-state index in [1.165, 1.54) is 12.8 Å². The van der Waals surface area contributed by atoms with Crippen molar-refractivity contribution in [3.05, 3.63) is 11.9 Å². The molecular formula is C12H22N4. The van der Waals surface area contributed by atoms with Crippen LogP contribution in [-0.2, 0) is 0 Å². The molecule has 0 amide bonds. The normalized spacial score (nSPS) is 10.2. The summed E-state index contributed by atoms with van der Waals surface area (Å²) in [7, 11) is 0. The third-order valence-corrected chi connectivity index (χ3v) is 2.45. The Morgan fingerprint density at radius 2 is 1.62 bits per heavy atom. The maximum atomic E-state index is 4.26. The van der Waals surface area contributed by atoms with E-state index in [4.69, 9.17) is 0 Å². The summed E-state index contributed by atoms with van der Waals surface area (Å²) in [5, 5.41) is 6.64. The number of unbranched alkanes of at least 4 members (excludes halogenated alkanes) is 1. The number of hydrogen-bond donors (Lipinski definition) is 2. The molecule has 4 nitrogen and oxygen atoms in total. The highest BCUT2D eigenvalue weighted by molar-refractivity contribution is 5.56. The molecule has 0 bridgehead atoms. The number of hydrogen-bond acceptors (Lipinski definition) is 4. The van der Waals surface area contributed by atoms with Crippen molar-refractivity contribution in [1.29, 1.82) is 0 Å². The highest BCUT2D eigenvalue weighted by atomic mass is 15.1. The molecule has 2 N–H and O–H groups in total. The van der Waals surface area contributed by atoms with Crippen LogP contribution in [0.15, 0.2) is 6.33 Å². The average Bonchev–Trinajstić information content (AvgIpc) is 2.30. The van der Waals surface area contributed by atoms with Gasteiger partial charge >= 0.3 is 0 Å². The van der Waals surface area contributed by atoms with Gasteiger partial charge in [0.2, 0.25) is 0 Å². The van der Waals surface area contributed by atoms with Gasteiger partial charge in [0, 0.05) is 18.7 Å². The molecule has 0 saturated carbocycles. The van der Waals surface area contributed by atoms with E-state index in [2.05, 4.69) is 34.4 Å². The van der Waals surface area contributed by atoms with Gasteiger partial charge < -0.3 is 10.6 Å². The Labute approximate surface area is 97.9 Å². The molecule has 0 aliphatic carbocycles. The standard InChI is InChI=1S/C12H22N4/c1-4-6-8-14-12-10(3)11(13-7-5-2)15-9-16-12/h9H,4-8H2,1-3H3,(H2,13,14,15,16). The van der Waals surface area contributed by atoms with Crippen LogP contribution in [0.2, 0.25) is 0 Å². The van der Waals surface area contributed by atoms with Gasteiger partial charge in [0.1, 0.15) is 18.0 Å². The predicted octanol–water partition coefficient (Wildman–Crippen LogP) is 2.82. The fourth-order valence-corrected chi connectivity index (χ4v) is 1.43. The topological polar surface area (TPSA) is 49.8 Å². The second-order valence-electron chi connectivity index (χ2n) is 3.90. The van der Waals surface area contributed by atoms with Gasteiger partial charge in [-0.3, -0.25) is 0 Å². The number of rotatable bonds is 7. The summed E-state index contributed by atoms with van der Waals surface area (Å²) in [6.45, 7) is 8.30. The summed E-state index contributed by atoms with van der Waals surface area (Å²) in [5.41, 5.74) is 1.10. The van der Waals surface area contributed by atoms with E-state index < -0.39 is 0 Å². The van der Waals surface area contributed by atoms with E-state index in [-0.39, 0.29) is 0 Å². The molecule has 0 spiro atoms. The van der Waals surface area contributed by atoms with Crippen molar-refractivity contribution >= 4 is 11.6 Å². The first-order chi connectivity index (χ1) is 7.79. The summed E-state index contributed by atoms with van der Waals surface area (Å²) >= 11 is 0. The van der Waals surface area contributed by atoms with Gasteiger partial charge in [-0.05, 0) is 19.8 Å². The number of aromatic nitrogens is 2. The molecule has 0 aromatic carbocycles. The summed E-state index contributed by atoms with van der Waals surface area (Å²) < 4.78 is 0. The molecule has 0 fully saturated rings. The number of nitrogens with one attached hydrogen (secondary N) is 2. The van der Waals surface area contributed by atoms with Crippen LogP contribution in [0, 0.1) is 6.92 Å². The lowest BCUT2D eigenvalue weighted by Gasteiger charge is -2.11. The summed E-state index contributed by atoms with van der Waals surface area (Å²) in [6, 6.07) is 0. The van der Waals surface area contributed by atoms with Crippen molar-refractivity contribution in [2.24, 2.45) is 0 Å². The van der Waals surface area contributed by atoms with Crippen molar-refractivity contribution in [2.45, 2.75) is 40.0 Å². The van der Waals surface area contributed by atoms with E-state index in [1.807, 2.05) is 6.92 Å². The zero-order valence-corrected chi connectivity index (χ0v) is 10.5. The Morgan fingerprint density at radius 3 is 2.19 bits per heavy atom. The molecule has 0 aliphatic heterocycles. The zero-order valence-electron chi connectivity index (χ0n) is 10.5. The van der Waals surface area contributed by atoms with Gasteiger partial charge in [-0.25, -0.2) is 9.97 Å². The molecule has 0 atom stereocenters. The fraction of sp³-hybridized carbons (Fsp3) is 0.667. The lowest BCUT2D eigenvalue weighted by molar-refractivity contribution is 0.829. The van der Waals surface area contributed by atoms with Gasteiger partial charge in [-0.15, -0.1) is 0 Å². The van der Waals surface area contributed by atoms with Gasteiger partial charge in [-0.2, -0.15) is 0 Å². The van der Waals surface area contributed by atoms with Gasteiger partial charge in [-0.1, -0.05) is 20.3 Å². The fourth-order valence-electron chi connectivity index (χ4n) is 1.43. The molecule has 0 aliphatic rings. The quantitative estimate of drug-likeness (QED) is 0.696. The molecule has 0 saturated heterocycles. The Morgan fingerprint density at radius 1 is 1.00 bits per heavy atom. The van der Waals surface area contributed by atoms with Crippen LogP contribution in [0.4, 0.5) is 11.6 Å². The van der Waals surface area contributed by atoms with E-state index in [1.54, 1.807) is 6.33 Å². The zero-order chi connectivity index (χ0) is 11.8. The van der Waals surface area contributed by atoms with Crippen LogP contribution in [0.1, 0.15) is 38.7 Å². The van der Waals surface area contributed by atoms with Crippen LogP contribution >= 0.6 is 0 Å². The van der Waals surface area contributed by atoms with E-state index in [9.17, 15) is 0 Å². The number of anilines is 2. The first kappa shape index (κ1) is 12.7. The third-order valence-electron chi connectivity index (χ3n) is 2.45. The van der Waals surface area contributed by atoms with Gasteiger partial charge in [0.15, 0.2) is 0 Å². The Balaban J connectivity index is 2.62. The molecule has 1 rings (SSSR count). The highest BCUT2D eigenvalue weighted by Crippen LogP contribution is 2.17. The lowest BCUT2D eigenvalue weighted by atomic mass is 10.3. The van der Waals surface area contributed by atoms with Gasteiger partial charge in [0.25, 0.3) is 0 Å². The molecule has 4 heteroatoms. The Bertz CT molecular complexity index is 312. The lowest BCUT2D eigenvalue weighted by Crippen LogP contribution is -2.09. The first-order valence-electron chi connectivity index (χ1n) is 6.08. The van der Waals surface area contributed by atoms with Crippen LogP contribution in [0.3, 0.4) is 0 Å². The molecule has 1 aromatic heterocycles. The third kappa shape index (κ3) is 3.68. The predicted molar refractivity (Wildman–Crippen MR) is 68.9 cm³/mol. The van der Waals surface area contributed by atoms with Crippen molar-refractivity contribution in [2.75, 3.05) is 23.7 Å². The Hall–Kier alpha value is -1.32. The second kappa shape index (κ2) is 7.04. The van der Waals surface area contributed by atoms with E-state index >= 15 is 0 Å². The SMILES string of the molecule is CCCCNc1ncnc(NCCC)c1C.